The van der Waals surface area contributed by atoms with Gasteiger partial charge in [-0.05, 0) is 49.6 Å². The Morgan fingerprint density at radius 3 is 2.18 bits per heavy atom. The molecule has 22 heavy (non-hydrogen) atoms. The smallest absolute Gasteiger partial charge is 0.319 e. The summed E-state index contributed by atoms with van der Waals surface area (Å²) < 4.78 is 0. The summed E-state index contributed by atoms with van der Waals surface area (Å²) in [5.41, 5.74) is 7.10. The molecule has 3 rings (SSSR count). The van der Waals surface area contributed by atoms with E-state index in [1.807, 2.05) is 4.90 Å². The lowest BCUT2D eigenvalue weighted by Crippen LogP contribution is -2.44. The maximum Gasteiger partial charge on any atom is 0.319 e. The van der Waals surface area contributed by atoms with E-state index in [1.165, 1.54) is 18.4 Å². The molecule has 0 aromatic heterocycles. The zero-order valence-electron chi connectivity index (χ0n) is 13.9. The van der Waals surface area contributed by atoms with E-state index in [9.17, 15) is 4.79 Å². The molecule has 2 aliphatic rings. The molecule has 0 spiro atoms. The first-order chi connectivity index (χ1) is 10.6. The molecule has 0 unspecified atom stereocenters. The first-order valence-corrected chi connectivity index (χ1v) is 8.33. The van der Waals surface area contributed by atoms with Gasteiger partial charge in [0.05, 0.1) is 0 Å². The highest BCUT2D eigenvalue weighted by Crippen LogP contribution is 2.39. The van der Waals surface area contributed by atoms with Gasteiger partial charge >= 0.3 is 6.03 Å². The number of nitrogens with two attached hydrogens (primary N) is 1. The Labute approximate surface area is 134 Å². The molecular weight excluding hydrogens is 274 g/mol. The van der Waals surface area contributed by atoms with Crippen molar-refractivity contribution in [2.45, 2.75) is 31.6 Å². The molecule has 2 fully saturated rings. The van der Waals surface area contributed by atoms with Crippen LogP contribution in [0.3, 0.4) is 0 Å². The number of rotatable bonds is 2. The Kier molecular flexibility index (Phi) is 6.25. The lowest BCUT2D eigenvalue weighted by Gasteiger charge is -2.33. The van der Waals surface area contributed by atoms with Gasteiger partial charge in [0.2, 0.25) is 0 Å². The largest absolute Gasteiger partial charge is 0.331 e. The molecule has 4 nitrogen and oxygen atoms in total. The van der Waals surface area contributed by atoms with Crippen LogP contribution in [0.2, 0.25) is 0 Å². The maximum atomic E-state index is 11.5. The van der Waals surface area contributed by atoms with Gasteiger partial charge in [0.15, 0.2) is 0 Å². The second kappa shape index (κ2) is 8.18. The number of carbonyl (C=O) groups excluding carboxylic acids is 1. The van der Waals surface area contributed by atoms with Crippen molar-refractivity contribution >= 4 is 6.03 Å². The van der Waals surface area contributed by atoms with Crippen LogP contribution in [0.5, 0.6) is 0 Å². The zero-order valence-corrected chi connectivity index (χ0v) is 13.9. The van der Waals surface area contributed by atoms with Crippen molar-refractivity contribution < 1.29 is 4.79 Å². The summed E-state index contributed by atoms with van der Waals surface area (Å²) >= 11 is 0. The summed E-state index contributed by atoms with van der Waals surface area (Å²) in [7, 11) is 3.58. The quantitative estimate of drug-likeness (QED) is 0.913. The molecule has 2 amide bonds. The van der Waals surface area contributed by atoms with Crippen molar-refractivity contribution in [3.63, 3.8) is 0 Å². The van der Waals surface area contributed by atoms with Gasteiger partial charge in [-0.15, -0.1) is 0 Å². The number of hydrogen-bond donors (Lipinski definition) is 1. The fourth-order valence-corrected chi connectivity index (χ4v) is 2.78. The summed E-state index contributed by atoms with van der Waals surface area (Å²) in [5.74, 6) is 1.53. The van der Waals surface area contributed by atoms with E-state index in [1.54, 1.807) is 19.0 Å². The van der Waals surface area contributed by atoms with E-state index < -0.39 is 0 Å². The van der Waals surface area contributed by atoms with Gasteiger partial charge in [-0.25, -0.2) is 4.79 Å². The van der Waals surface area contributed by atoms with Crippen LogP contribution in [0.1, 0.15) is 37.2 Å². The van der Waals surface area contributed by atoms with Gasteiger partial charge in [-0.1, -0.05) is 30.3 Å². The molecule has 122 valence electrons. The van der Waals surface area contributed by atoms with Crippen molar-refractivity contribution in [1.29, 1.82) is 0 Å². The Balaban J connectivity index is 0.000000170. The molecule has 1 aliphatic heterocycles. The molecule has 1 aliphatic carbocycles. The molecule has 1 aromatic rings. The zero-order chi connectivity index (χ0) is 15.9. The summed E-state index contributed by atoms with van der Waals surface area (Å²) in [4.78, 5) is 15.0. The van der Waals surface area contributed by atoms with Gasteiger partial charge in [0.25, 0.3) is 0 Å². The molecule has 4 heteroatoms. The predicted molar refractivity (Wildman–Crippen MR) is 90.9 cm³/mol. The lowest BCUT2D eigenvalue weighted by atomic mass is 9.97. The summed E-state index contributed by atoms with van der Waals surface area (Å²) in [5, 5.41) is 0. The molecule has 1 saturated carbocycles. The topological polar surface area (TPSA) is 49.6 Å². The maximum absolute atomic E-state index is 11.5. The lowest BCUT2D eigenvalue weighted by molar-refractivity contribution is 0.148. The highest BCUT2D eigenvalue weighted by Gasteiger charge is 2.23. The van der Waals surface area contributed by atoms with Crippen LogP contribution in [0.25, 0.3) is 0 Å². The molecular formula is C18H29N3O. The minimum Gasteiger partial charge on any atom is -0.331 e. The van der Waals surface area contributed by atoms with E-state index in [4.69, 9.17) is 5.73 Å². The van der Waals surface area contributed by atoms with E-state index in [0.29, 0.717) is 5.92 Å². The third-order valence-electron chi connectivity index (χ3n) is 4.45. The normalized spacial score (nSPS) is 18.4. The number of nitrogens with zero attached hydrogens (tertiary/aromatic N) is 2. The van der Waals surface area contributed by atoms with Crippen LogP contribution >= 0.6 is 0 Å². The van der Waals surface area contributed by atoms with Gasteiger partial charge in [0.1, 0.15) is 0 Å². The fraction of sp³-hybridized carbons (Fsp3) is 0.611. The van der Waals surface area contributed by atoms with Crippen molar-refractivity contribution in [2.75, 3.05) is 33.7 Å². The summed E-state index contributed by atoms with van der Waals surface area (Å²) in [6, 6.07) is 10.9. The van der Waals surface area contributed by atoms with Crippen LogP contribution < -0.4 is 5.73 Å². The first-order valence-electron chi connectivity index (χ1n) is 8.33. The number of benzene rings is 1. The third kappa shape index (κ3) is 5.02. The summed E-state index contributed by atoms with van der Waals surface area (Å²) in [6.45, 7) is 2.47. The number of amides is 2. The number of piperidine rings is 1. The van der Waals surface area contributed by atoms with Crippen LogP contribution in [-0.2, 0) is 0 Å². The molecule has 1 aromatic carbocycles. The van der Waals surface area contributed by atoms with Crippen molar-refractivity contribution in [3.05, 3.63) is 35.9 Å². The molecule has 0 atom stereocenters. The molecule has 1 heterocycles. The molecule has 0 radical (unpaired) electrons. The highest BCUT2D eigenvalue weighted by atomic mass is 16.2. The Morgan fingerprint density at radius 2 is 1.73 bits per heavy atom. The second-order valence-electron chi connectivity index (χ2n) is 6.53. The third-order valence-corrected chi connectivity index (χ3v) is 4.45. The number of carbonyl (C=O) groups is 1. The Morgan fingerprint density at radius 1 is 1.14 bits per heavy atom. The molecule has 0 bridgehead atoms. The minimum absolute atomic E-state index is 0.121. The van der Waals surface area contributed by atoms with Gasteiger partial charge in [-0.2, -0.15) is 0 Å². The number of likely N-dealkylation sites (tertiary alicyclic amines) is 1. The first kappa shape index (κ1) is 16.8. The van der Waals surface area contributed by atoms with E-state index >= 15 is 0 Å². The summed E-state index contributed by atoms with van der Waals surface area (Å²) in [6.07, 6.45) is 4.92. The SMILES string of the molecule is CN(C)C(=O)N1CCC(CN)CC1.c1ccc(C2CC2)cc1. The van der Waals surface area contributed by atoms with E-state index in [2.05, 4.69) is 30.3 Å². The standard InChI is InChI=1S/C9H19N3O.C9H10/c1-11(2)9(13)12-5-3-8(7-10)4-6-12;1-2-4-8(5-3-1)9-6-7-9/h8H,3-7,10H2,1-2H3;1-5,9H,6-7H2. The number of hydrogen-bond acceptors (Lipinski definition) is 2. The average molecular weight is 303 g/mol. The van der Waals surface area contributed by atoms with Gasteiger partial charge in [0, 0.05) is 27.2 Å². The van der Waals surface area contributed by atoms with Crippen molar-refractivity contribution in [2.24, 2.45) is 11.7 Å². The highest BCUT2D eigenvalue weighted by molar-refractivity contribution is 5.73. The Bertz CT molecular complexity index is 449. The average Bonchev–Trinajstić information content (AvgIpc) is 3.40. The van der Waals surface area contributed by atoms with E-state index in [0.717, 1.165) is 38.4 Å². The minimum atomic E-state index is 0.121. The van der Waals surface area contributed by atoms with Crippen molar-refractivity contribution in [1.82, 2.24) is 9.80 Å². The molecule has 2 N–H and O–H groups in total. The molecule has 1 saturated heterocycles. The van der Waals surface area contributed by atoms with Crippen LogP contribution in [0.15, 0.2) is 30.3 Å². The van der Waals surface area contributed by atoms with Crippen LogP contribution in [0, 0.1) is 5.92 Å². The predicted octanol–water partition coefficient (Wildman–Crippen LogP) is 2.90. The number of urea groups is 1. The van der Waals surface area contributed by atoms with Crippen molar-refractivity contribution in [3.8, 4) is 0 Å². The van der Waals surface area contributed by atoms with Gasteiger partial charge in [-0.3, -0.25) is 0 Å². The monoisotopic (exact) mass is 303 g/mol. The van der Waals surface area contributed by atoms with E-state index in [-0.39, 0.29) is 6.03 Å². The Hall–Kier alpha value is -1.55. The van der Waals surface area contributed by atoms with Gasteiger partial charge < -0.3 is 15.5 Å². The van der Waals surface area contributed by atoms with Crippen LogP contribution in [0.4, 0.5) is 4.79 Å². The second-order valence-corrected chi connectivity index (χ2v) is 6.53. The van der Waals surface area contributed by atoms with Crippen LogP contribution in [-0.4, -0.2) is 49.6 Å². The fourth-order valence-electron chi connectivity index (χ4n) is 2.78.